The van der Waals surface area contributed by atoms with Crippen LogP contribution in [0.25, 0.3) is 16.6 Å². The van der Waals surface area contributed by atoms with Crippen molar-refractivity contribution >= 4 is 34.2 Å². The molecule has 0 spiro atoms. The maximum atomic E-state index is 11.8. The van der Waals surface area contributed by atoms with Crippen LogP contribution in [0.3, 0.4) is 0 Å². The summed E-state index contributed by atoms with van der Waals surface area (Å²) in [5, 5.41) is 8.85. The van der Waals surface area contributed by atoms with Crippen molar-refractivity contribution < 1.29 is 4.79 Å². The van der Waals surface area contributed by atoms with Crippen molar-refractivity contribution in [2.75, 3.05) is 6.54 Å². The van der Waals surface area contributed by atoms with E-state index in [-0.39, 0.29) is 11.2 Å². The van der Waals surface area contributed by atoms with Crippen LogP contribution in [-0.2, 0) is 4.79 Å². The lowest BCUT2D eigenvalue weighted by Gasteiger charge is -2.08. The van der Waals surface area contributed by atoms with Crippen molar-refractivity contribution in [3.63, 3.8) is 0 Å². The molecule has 1 fully saturated rings. The number of amides is 1. The van der Waals surface area contributed by atoms with Gasteiger partial charge in [-0.05, 0) is 25.5 Å². The van der Waals surface area contributed by atoms with Crippen molar-refractivity contribution in [1.82, 2.24) is 24.9 Å². The zero-order chi connectivity index (χ0) is 14.4. The molecule has 0 aliphatic carbocycles. The Morgan fingerprint density at radius 3 is 3.00 bits per heavy atom. The molecule has 1 N–H and O–H groups in total. The maximum absolute atomic E-state index is 11.8. The molecule has 0 radical (unpaired) electrons. The predicted molar refractivity (Wildman–Crippen MR) is 80.3 cm³/mol. The van der Waals surface area contributed by atoms with Crippen molar-refractivity contribution in [3.8, 4) is 0 Å². The summed E-state index contributed by atoms with van der Waals surface area (Å²) in [6.07, 6.45) is 0.813. The summed E-state index contributed by atoms with van der Waals surface area (Å²) in [4.78, 5) is 20.9. The molecule has 1 amide bonds. The monoisotopic (exact) mass is 299 g/mol. The van der Waals surface area contributed by atoms with Crippen LogP contribution >= 0.6 is 11.8 Å². The molecule has 7 heteroatoms. The Hall–Kier alpha value is -2.15. The average molecular weight is 299 g/mol. The van der Waals surface area contributed by atoms with Gasteiger partial charge < -0.3 is 5.32 Å². The molecular formula is C14H13N5OS. The Morgan fingerprint density at radius 2 is 2.19 bits per heavy atom. The number of hydrogen-bond donors (Lipinski definition) is 1. The summed E-state index contributed by atoms with van der Waals surface area (Å²) in [5.41, 5.74) is 1.66. The molecule has 3 heterocycles. The highest BCUT2D eigenvalue weighted by Crippen LogP contribution is 2.29. The molecule has 106 valence electrons. The molecule has 1 aliphatic heterocycles. The highest BCUT2D eigenvalue weighted by molar-refractivity contribution is 8.00. The number of rotatable bonds is 2. The van der Waals surface area contributed by atoms with Gasteiger partial charge in [0.15, 0.2) is 10.8 Å². The topological polar surface area (TPSA) is 72.2 Å². The summed E-state index contributed by atoms with van der Waals surface area (Å²) >= 11 is 1.45. The third-order valence-corrected chi connectivity index (χ3v) is 4.71. The minimum absolute atomic E-state index is 0.0694. The van der Waals surface area contributed by atoms with Gasteiger partial charge in [0.25, 0.3) is 0 Å². The van der Waals surface area contributed by atoms with E-state index in [0.717, 1.165) is 29.5 Å². The fraction of sp³-hybridized carbons (Fsp3) is 0.286. The number of benzene rings is 1. The number of nitrogens with one attached hydrogen (secondary N) is 1. The number of fused-ring (bicyclic) bond motifs is 3. The molecule has 3 aromatic rings. The average Bonchev–Trinajstić information content (AvgIpc) is 3.05. The zero-order valence-corrected chi connectivity index (χ0v) is 12.2. The molecule has 0 saturated carbocycles. The van der Waals surface area contributed by atoms with Crippen LogP contribution < -0.4 is 5.32 Å². The highest BCUT2D eigenvalue weighted by atomic mass is 32.2. The first-order valence-corrected chi connectivity index (χ1v) is 7.67. The molecule has 6 nitrogen and oxygen atoms in total. The molecule has 0 bridgehead atoms. The summed E-state index contributed by atoms with van der Waals surface area (Å²) in [5.74, 6) is 0.769. The van der Waals surface area contributed by atoms with Gasteiger partial charge in [-0.2, -0.15) is 4.52 Å². The third-order valence-electron chi connectivity index (χ3n) is 3.50. The van der Waals surface area contributed by atoms with E-state index < -0.39 is 0 Å². The Labute approximate surface area is 125 Å². The van der Waals surface area contributed by atoms with Gasteiger partial charge in [-0.25, -0.2) is 9.97 Å². The van der Waals surface area contributed by atoms with E-state index in [9.17, 15) is 4.79 Å². The molecule has 21 heavy (non-hydrogen) atoms. The first kappa shape index (κ1) is 12.6. The quantitative estimate of drug-likeness (QED) is 0.727. The number of aromatic nitrogens is 4. The fourth-order valence-electron chi connectivity index (χ4n) is 2.52. The van der Waals surface area contributed by atoms with E-state index in [2.05, 4.69) is 20.4 Å². The Morgan fingerprint density at radius 1 is 1.33 bits per heavy atom. The standard InChI is InChI=1S/C14H13N5OS/c1-8-16-12-9-4-2-3-5-10(9)17-14(19(12)18-8)21-11-6-7-15-13(11)20/h2-5,11H,6-7H2,1H3,(H,15,20). The molecule has 1 saturated heterocycles. The minimum atomic E-state index is -0.105. The van der Waals surface area contributed by atoms with Gasteiger partial charge in [0, 0.05) is 11.9 Å². The van der Waals surface area contributed by atoms with Crippen LogP contribution in [0.2, 0.25) is 0 Å². The summed E-state index contributed by atoms with van der Waals surface area (Å²) in [6.45, 7) is 2.59. The lowest BCUT2D eigenvalue weighted by molar-refractivity contribution is -0.118. The lowest BCUT2D eigenvalue weighted by Crippen LogP contribution is -2.21. The van der Waals surface area contributed by atoms with Gasteiger partial charge in [-0.1, -0.05) is 23.9 Å². The number of aryl methyl sites for hydroxylation is 1. The number of carbonyl (C=O) groups excluding carboxylic acids is 1. The van der Waals surface area contributed by atoms with E-state index in [4.69, 9.17) is 0 Å². The van der Waals surface area contributed by atoms with Gasteiger partial charge in [0.05, 0.1) is 10.8 Å². The van der Waals surface area contributed by atoms with Crippen molar-refractivity contribution in [1.29, 1.82) is 0 Å². The molecule has 1 aliphatic rings. The van der Waals surface area contributed by atoms with Crippen molar-refractivity contribution in [2.45, 2.75) is 23.8 Å². The second-order valence-electron chi connectivity index (χ2n) is 4.99. The van der Waals surface area contributed by atoms with E-state index in [1.54, 1.807) is 4.52 Å². The predicted octanol–water partition coefficient (Wildman–Crippen LogP) is 1.57. The first-order chi connectivity index (χ1) is 10.2. The van der Waals surface area contributed by atoms with Crippen molar-refractivity contribution in [3.05, 3.63) is 30.1 Å². The van der Waals surface area contributed by atoms with Crippen LogP contribution in [0, 0.1) is 6.92 Å². The van der Waals surface area contributed by atoms with Gasteiger partial charge >= 0.3 is 0 Å². The molecule has 1 atom stereocenters. The van der Waals surface area contributed by atoms with E-state index in [1.807, 2.05) is 31.2 Å². The van der Waals surface area contributed by atoms with Crippen LogP contribution in [0.5, 0.6) is 0 Å². The SMILES string of the molecule is Cc1nc2c3ccccc3nc(SC3CCNC3=O)n2n1. The van der Waals surface area contributed by atoms with E-state index in [0.29, 0.717) is 11.0 Å². The smallest absolute Gasteiger partial charge is 0.233 e. The van der Waals surface area contributed by atoms with Gasteiger partial charge in [-0.3, -0.25) is 4.79 Å². The summed E-state index contributed by atoms with van der Waals surface area (Å²) < 4.78 is 1.74. The molecule has 4 rings (SSSR count). The Bertz CT molecular complexity index is 859. The number of hydrogen-bond acceptors (Lipinski definition) is 5. The summed E-state index contributed by atoms with van der Waals surface area (Å²) in [6, 6.07) is 7.86. The third kappa shape index (κ3) is 2.04. The van der Waals surface area contributed by atoms with Crippen LogP contribution in [0.4, 0.5) is 0 Å². The van der Waals surface area contributed by atoms with E-state index in [1.165, 1.54) is 11.8 Å². The normalized spacial score (nSPS) is 18.5. The molecule has 1 aromatic carbocycles. The Balaban J connectivity index is 1.91. The number of carbonyl (C=O) groups is 1. The number of nitrogens with zero attached hydrogens (tertiary/aromatic N) is 4. The largest absolute Gasteiger partial charge is 0.355 e. The summed E-state index contributed by atoms with van der Waals surface area (Å²) in [7, 11) is 0. The first-order valence-electron chi connectivity index (χ1n) is 6.79. The zero-order valence-electron chi connectivity index (χ0n) is 11.4. The van der Waals surface area contributed by atoms with Crippen molar-refractivity contribution in [2.24, 2.45) is 0 Å². The minimum Gasteiger partial charge on any atom is -0.355 e. The van der Waals surface area contributed by atoms with Crippen LogP contribution in [0.1, 0.15) is 12.2 Å². The second kappa shape index (κ2) is 4.70. The van der Waals surface area contributed by atoms with Crippen LogP contribution in [0.15, 0.2) is 29.4 Å². The maximum Gasteiger partial charge on any atom is 0.233 e. The van der Waals surface area contributed by atoms with Gasteiger partial charge in [0.2, 0.25) is 5.91 Å². The van der Waals surface area contributed by atoms with E-state index >= 15 is 0 Å². The molecular weight excluding hydrogens is 286 g/mol. The van der Waals surface area contributed by atoms with Crippen LogP contribution in [-0.4, -0.2) is 37.3 Å². The van der Waals surface area contributed by atoms with Gasteiger partial charge in [0.1, 0.15) is 5.82 Å². The highest BCUT2D eigenvalue weighted by Gasteiger charge is 2.27. The molecule has 2 aromatic heterocycles. The Kier molecular flexibility index (Phi) is 2.81. The van der Waals surface area contributed by atoms with Gasteiger partial charge in [-0.15, -0.1) is 5.10 Å². The number of thioether (sulfide) groups is 1. The molecule has 1 unspecified atom stereocenters. The number of para-hydroxylation sites is 1. The lowest BCUT2D eigenvalue weighted by atomic mass is 10.2. The second-order valence-corrected chi connectivity index (χ2v) is 6.16. The fourth-order valence-corrected chi connectivity index (χ4v) is 3.58.